The Balaban J connectivity index is 0.000000509. The molecule has 1 aromatic heterocycles. The summed E-state index contributed by atoms with van der Waals surface area (Å²) in [6.45, 7) is 4.65. The van der Waals surface area contributed by atoms with Crippen molar-refractivity contribution < 1.29 is 35.9 Å². The molecule has 12 heteroatoms. The van der Waals surface area contributed by atoms with Crippen LogP contribution in [-0.2, 0) is 14.6 Å². The average molecular weight is 499 g/mol. The third-order valence-electron chi connectivity index (χ3n) is 4.48. The number of sulfone groups is 1. The Hall–Kier alpha value is -3.54. The number of carbonyl (C=O) groups is 1. The van der Waals surface area contributed by atoms with E-state index in [2.05, 4.69) is 9.97 Å². The molecule has 0 saturated carbocycles. The zero-order valence-corrected chi connectivity index (χ0v) is 19.1. The van der Waals surface area contributed by atoms with E-state index in [4.69, 9.17) is 15.6 Å². The lowest BCUT2D eigenvalue weighted by Gasteiger charge is -2.23. The van der Waals surface area contributed by atoms with Gasteiger partial charge >= 0.3 is 12.1 Å². The van der Waals surface area contributed by atoms with Gasteiger partial charge in [-0.1, -0.05) is 42.5 Å². The van der Waals surface area contributed by atoms with Gasteiger partial charge in [-0.05, 0) is 26.3 Å². The number of aromatic nitrogens is 2. The van der Waals surface area contributed by atoms with E-state index in [0.29, 0.717) is 16.7 Å². The van der Waals surface area contributed by atoms with E-state index in [-0.39, 0.29) is 16.4 Å². The summed E-state index contributed by atoms with van der Waals surface area (Å²) in [7, 11) is -3.97. The van der Waals surface area contributed by atoms with E-state index in [9.17, 15) is 21.6 Å². The van der Waals surface area contributed by atoms with Gasteiger partial charge in [0.05, 0.1) is 4.75 Å². The first kappa shape index (κ1) is 26.7. The molecule has 0 aliphatic rings. The van der Waals surface area contributed by atoms with Gasteiger partial charge in [0, 0.05) is 29.1 Å². The Kier molecular flexibility index (Phi) is 7.66. The zero-order valence-electron chi connectivity index (χ0n) is 18.3. The van der Waals surface area contributed by atoms with Crippen molar-refractivity contribution >= 4 is 21.8 Å². The van der Waals surface area contributed by atoms with Gasteiger partial charge in [-0.3, -0.25) is 0 Å². The molecule has 0 atom stereocenters. The van der Waals surface area contributed by atoms with Crippen molar-refractivity contribution in [3.8, 4) is 22.3 Å². The largest absolute Gasteiger partial charge is 0.490 e. The summed E-state index contributed by atoms with van der Waals surface area (Å²) in [6, 6.07) is 12.0. The van der Waals surface area contributed by atoms with Crippen LogP contribution in [0.2, 0.25) is 0 Å². The summed E-state index contributed by atoms with van der Waals surface area (Å²) in [5.41, 5.74) is 6.90. The number of hydrogen-bond acceptors (Lipinski definition) is 6. The molecular formula is C22H21F4N3O4S. The fraction of sp³-hybridized carbons (Fsp3) is 0.227. The van der Waals surface area contributed by atoms with Crippen molar-refractivity contribution in [1.82, 2.24) is 9.97 Å². The first-order valence-corrected chi connectivity index (χ1v) is 11.1. The van der Waals surface area contributed by atoms with Crippen LogP contribution < -0.4 is 5.73 Å². The molecule has 0 unspecified atom stereocenters. The Bertz CT molecular complexity index is 1270. The van der Waals surface area contributed by atoms with Crippen molar-refractivity contribution in [3.63, 3.8) is 0 Å². The van der Waals surface area contributed by atoms with Crippen molar-refractivity contribution in [2.24, 2.45) is 0 Å². The molecule has 1 heterocycles. The summed E-state index contributed by atoms with van der Waals surface area (Å²) in [6.07, 6.45) is -2.34. The SMILES string of the molecule is CC(C)(C)S(=O)(=O)c1c(-c2ccccc2)ccc(-c2cnc(N)nc2)c1F.O=C(O)C(F)(F)F. The lowest BCUT2D eigenvalue weighted by Crippen LogP contribution is -2.29. The highest BCUT2D eigenvalue weighted by Gasteiger charge is 2.38. The monoisotopic (exact) mass is 499 g/mol. The quantitative estimate of drug-likeness (QED) is 0.499. The number of halogens is 4. The van der Waals surface area contributed by atoms with Crippen molar-refractivity contribution in [2.45, 2.75) is 36.6 Å². The molecule has 182 valence electrons. The van der Waals surface area contributed by atoms with Crippen LogP contribution in [-0.4, -0.2) is 40.4 Å². The van der Waals surface area contributed by atoms with Crippen LogP contribution in [0.5, 0.6) is 0 Å². The molecule has 34 heavy (non-hydrogen) atoms. The minimum Gasteiger partial charge on any atom is -0.475 e. The van der Waals surface area contributed by atoms with Crippen molar-refractivity contribution in [1.29, 1.82) is 0 Å². The molecule has 3 rings (SSSR count). The van der Waals surface area contributed by atoms with Gasteiger partial charge in [0.15, 0.2) is 9.84 Å². The predicted octanol–water partition coefficient (Wildman–Crippen LogP) is 4.74. The molecule has 0 aliphatic heterocycles. The number of carboxylic acid groups (broad SMARTS) is 1. The van der Waals surface area contributed by atoms with E-state index in [1.807, 2.05) is 6.07 Å². The number of nitrogens with two attached hydrogens (primary N) is 1. The van der Waals surface area contributed by atoms with E-state index in [1.165, 1.54) is 18.5 Å². The Morgan fingerprint density at radius 3 is 1.82 bits per heavy atom. The average Bonchev–Trinajstić information content (AvgIpc) is 2.73. The van der Waals surface area contributed by atoms with Crippen LogP contribution in [0.15, 0.2) is 59.8 Å². The second kappa shape index (κ2) is 9.75. The van der Waals surface area contributed by atoms with Gasteiger partial charge in [0.2, 0.25) is 5.95 Å². The van der Waals surface area contributed by atoms with Gasteiger partial charge in [-0.15, -0.1) is 0 Å². The normalized spacial score (nSPS) is 12.0. The first-order valence-electron chi connectivity index (χ1n) is 9.58. The predicted molar refractivity (Wildman–Crippen MR) is 118 cm³/mol. The van der Waals surface area contributed by atoms with E-state index < -0.39 is 32.5 Å². The first-order chi connectivity index (χ1) is 15.6. The van der Waals surface area contributed by atoms with Gasteiger partial charge in [0.1, 0.15) is 10.7 Å². The number of nitrogen functional groups attached to an aromatic ring is 1. The number of alkyl halides is 3. The minimum absolute atomic E-state index is 0.0580. The topological polar surface area (TPSA) is 123 Å². The maximum absolute atomic E-state index is 15.6. The number of carboxylic acids is 1. The number of nitrogens with zero attached hydrogens (tertiary/aromatic N) is 2. The van der Waals surface area contributed by atoms with Crippen LogP contribution >= 0.6 is 0 Å². The number of rotatable bonds is 3. The van der Waals surface area contributed by atoms with E-state index in [0.717, 1.165) is 0 Å². The Morgan fingerprint density at radius 2 is 1.38 bits per heavy atom. The fourth-order valence-electron chi connectivity index (χ4n) is 2.67. The maximum Gasteiger partial charge on any atom is 0.490 e. The second-order valence-electron chi connectivity index (χ2n) is 7.92. The van der Waals surface area contributed by atoms with Crippen LogP contribution in [0.25, 0.3) is 22.3 Å². The molecular weight excluding hydrogens is 478 g/mol. The molecule has 0 fully saturated rings. The standard InChI is InChI=1S/C20H20FN3O2S.C2HF3O2/c1-20(2,3)27(25,26)18-16(13-7-5-4-6-8-13)10-9-15(17(18)21)14-11-23-19(22)24-12-14;3-2(4,5)1(6)7/h4-12H,1-3H3,(H2,22,23,24);(H,6,7). The molecule has 3 N–H and O–H groups in total. The molecule has 0 bridgehead atoms. The second-order valence-corrected chi connectivity index (χ2v) is 10.6. The Labute approximate surface area is 193 Å². The van der Waals surface area contributed by atoms with E-state index in [1.54, 1.807) is 51.1 Å². The van der Waals surface area contributed by atoms with Crippen molar-refractivity contribution in [2.75, 3.05) is 5.73 Å². The third kappa shape index (κ3) is 5.87. The highest BCUT2D eigenvalue weighted by molar-refractivity contribution is 7.93. The zero-order chi connectivity index (χ0) is 25.9. The lowest BCUT2D eigenvalue weighted by atomic mass is 10.0. The number of aliphatic carboxylic acids is 1. The summed E-state index contributed by atoms with van der Waals surface area (Å²) in [4.78, 5) is 16.3. The number of anilines is 1. The van der Waals surface area contributed by atoms with Crippen LogP contribution in [0.4, 0.5) is 23.5 Å². The van der Waals surface area contributed by atoms with Crippen molar-refractivity contribution in [3.05, 3.63) is 60.7 Å². The van der Waals surface area contributed by atoms with E-state index >= 15 is 4.39 Å². The molecule has 3 aromatic rings. The molecule has 0 amide bonds. The molecule has 0 aliphatic carbocycles. The lowest BCUT2D eigenvalue weighted by molar-refractivity contribution is -0.192. The molecule has 2 aromatic carbocycles. The smallest absolute Gasteiger partial charge is 0.475 e. The third-order valence-corrected chi connectivity index (χ3v) is 7.03. The Morgan fingerprint density at radius 1 is 0.912 bits per heavy atom. The summed E-state index contributed by atoms with van der Waals surface area (Å²) in [5.74, 6) is -3.52. The summed E-state index contributed by atoms with van der Waals surface area (Å²) >= 11 is 0. The van der Waals surface area contributed by atoms with Gasteiger partial charge in [-0.2, -0.15) is 13.2 Å². The van der Waals surface area contributed by atoms with Gasteiger partial charge in [0.25, 0.3) is 0 Å². The van der Waals surface area contributed by atoms with Gasteiger partial charge < -0.3 is 10.8 Å². The molecule has 0 spiro atoms. The van der Waals surface area contributed by atoms with Gasteiger partial charge in [-0.25, -0.2) is 27.6 Å². The number of benzene rings is 2. The summed E-state index contributed by atoms with van der Waals surface area (Å²) in [5, 5.41) is 7.12. The maximum atomic E-state index is 15.6. The highest BCUT2D eigenvalue weighted by atomic mass is 32.2. The summed E-state index contributed by atoms with van der Waals surface area (Å²) < 4.78 is 72.6. The molecule has 7 nitrogen and oxygen atoms in total. The van der Waals surface area contributed by atoms with Crippen LogP contribution in [0.3, 0.4) is 0 Å². The fourth-order valence-corrected chi connectivity index (χ4v) is 4.10. The molecule has 0 radical (unpaired) electrons. The minimum atomic E-state index is -5.08. The van der Waals surface area contributed by atoms with Crippen LogP contribution in [0, 0.1) is 5.82 Å². The van der Waals surface area contributed by atoms with Crippen LogP contribution in [0.1, 0.15) is 20.8 Å². The number of hydrogen-bond donors (Lipinski definition) is 2. The molecule has 0 saturated heterocycles. The highest BCUT2D eigenvalue weighted by Crippen LogP contribution is 2.39.